The molecule has 5 heteroatoms. The highest BCUT2D eigenvalue weighted by Crippen LogP contribution is 2.25. The molecule has 0 saturated heterocycles. The predicted molar refractivity (Wildman–Crippen MR) is 84.1 cm³/mol. The molecule has 0 atom stereocenters. The lowest BCUT2D eigenvalue weighted by Crippen LogP contribution is -2.30. The second-order valence-electron chi connectivity index (χ2n) is 5.06. The minimum atomic E-state index is -0.122. The number of nitrogens with one attached hydrogen (secondary N) is 1. The van der Waals surface area contributed by atoms with E-state index in [9.17, 15) is 4.79 Å². The summed E-state index contributed by atoms with van der Waals surface area (Å²) in [4.78, 5) is 14.2. The van der Waals surface area contributed by atoms with Crippen LogP contribution >= 0.6 is 11.6 Å². The average Bonchev–Trinajstić information content (AvgIpc) is 2.93. The van der Waals surface area contributed by atoms with Crippen LogP contribution in [0.15, 0.2) is 42.5 Å². The first-order valence-electron chi connectivity index (χ1n) is 6.78. The first kappa shape index (κ1) is 13.9. The summed E-state index contributed by atoms with van der Waals surface area (Å²) < 4.78 is 0. The number of fused-ring (bicyclic) bond motifs is 1. The third-order valence-corrected chi connectivity index (χ3v) is 3.89. The summed E-state index contributed by atoms with van der Waals surface area (Å²) in [6.07, 6.45) is 0. The SMILES string of the molecule is NCc1cc(Cl)ccc1NC(=O)N1Cc2ccccc2C1. The van der Waals surface area contributed by atoms with Gasteiger partial charge in [-0.05, 0) is 34.9 Å². The molecule has 0 radical (unpaired) electrons. The third kappa shape index (κ3) is 2.86. The number of carbonyl (C=O) groups is 1. The number of halogens is 1. The summed E-state index contributed by atoms with van der Waals surface area (Å²) in [5, 5.41) is 3.53. The van der Waals surface area contributed by atoms with Gasteiger partial charge in [0, 0.05) is 30.3 Å². The van der Waals surface area contributed by atoms with Crippen LogP contribution in [0.3, 0.4) is 0 Å². The summed E-state index contributed by atoms with van der Waals surface area (Å²) >= 11 is 5.94. The van der Waals surface area contributed by atoms with Crippen molar-refractivity contribution in [2.75, 3.05) is 5.32 Å². The minimum absolute atomic E-state index is 0.122. The van der Waals surface area contributed by atoms with E-state index >= 15 is 0 Å². The quantitative estimate of drug-likeness (QED) is 0.893. The molecule has 3 rings (SSSR count). The Balaban J connectivity index is 1.74. The Kier molecular flexibility index (Phi) is 3.82. The van der Waals surface area contributed by atoms with Gasteiger partial charge in [0.05, 0.1) is 0 Å². The highest BCUT2D eigenvalue weighted by Gasteiger charge is 2.23. The van der Waals surface area contributed by atoms with Crippen molar-refractivity contribution in [2.24, 2.45) is 5.73 Å². The fourth-order valence-electron chi connectivity index (χ4n) is 2.52. The molecule has 1 aliphatic heterocycles. The molecule has 4 nitrogen and oxygen atoms in total. The monoisotopic (exact) mass is 301 g/mol. The summed E-state index contributed by atoms with van der Waals surface area (Å²) in [6, 6.07) is 13.3. The largest absolute Gasteiger partial charge is 0.326 e. The Morgan fingerprint density at radius 1 is 1.19 bits per heavy atom. The van der Waals surface area contributed by atoms with E-state index in [0.29, 0.717) is 30.3 Å². The lowest BCUT2D eigenvalue weighted by Gasteiger charge is -2.18. The molecule has 21 heavy (non-hydrogen) atoms. The molecule has 2 aromatic rings. The van der Waals surface area contributed by atoms with Crippen molar-refractivity contribution in [3.63, 3.8) is 0 Å². The Morgan fingerprint density at radius 3 is 2.48 bits per heavy atom. The van der Waals surface area contributed by atoms with Crippen LogP contribution in [-0.2, 0) is 19.6 Å². The first-order chi connectivity index (χ1) is 10.2. The van der Waals surface area contributed by atoms with E-state index < -0.39 is 0 Å². The lowest BCUT2D eigenvalue weighted by molar-refractivity contribution is 0.212. The number of rotatable bonds is 2. The van der Waals surface area contributed by atoms with Gasteiger partial charge in [-0.25, -0.2) is 4.79 Å². The van der Waals surface area contributed by atoms with Crippen molar-refractivity contribution in [1.29, 1.82) is 0 Å². The molecule has 0 unspecified atom stereocenters. The molecule has 3 N–H and O–H groups in total. The fourth-order valence-corrected chi connectivity index (χ4v) is 2.72. The van der Waals surface area contributed by atoms with Crippen LogP contribution < -0.4 is 11.1 Å². The van der Waals surface area contributed by atoms with Crippen LogP contribution in [-0.4, -0.2) is 10.9 Å². The molecule has 2 amide bonds. The lowest BCUT2D eigenvalue weighted by atomic mass is 10.1. The van der Waals surface area contributed by atoms with Crippen LogP contribution in [0.4, 0.5) is 10.5 Å². The van der Waals surface area contributed by atoms with Gasteiger partial charge in [0.2, 0.25) is 0 Å². The van der Waals surface area contributed by atoms with E-state index in [1.165, 1.54) is 11.1 Å². The Morgan fingerprint density at radius 2 is 1.86 bits per heavy atom. The van der Waals surface area contributed by atoms with Crippen molar-refractivity contribution >= 4 is 23.3 Å². The van der Waals surface area contributed by atoms with Crippen molar-refractivity contribution < 1.29 is 4.79 Å². The van der Waals surface area contributed by atoms with E-state index in [2.05, 4.69) is 17.4 Å². The number of amides is 2. The number of carbonyl (C=O) groups excluding carboxylic acids is 1. The number of benzene rings is 2. The van der Waals surface area contributed by atoms with Crippen LogP contribution in [0.25, 0.3) is 0 Å². The van der Waals surface area contributed by atoms with E-state index in [1.807, 2.05) is 12.1 Å². The molecule has 0 spiro atoms. The standard InChI is InChI=1S/C16H16ClN3O/c17-14-5-6-15(13(7-14)8-18)19-16(21)20-9-11-3-1-2-4-12(11)10-20/h1-7H,8-10,18H2,(H,19,21). The summed E-state index contributed by atoms with van der Waals surface area (Å²) in [7, 11) is 0. The number of hydrogen-bond donors (Lipinski definition) is 2. The minimum Gasteiger partial charge on any atom is -0.326 e. The number of urea groups is 1. The molecule has 0 bridgehead atoms. The average molecular weight is 302 g/mol. The maximum absolute atomic E-state index is 12.4. The normalized spacial score (nSPS) is 13.1. The van der Waals surface area contributed by atoms with Gasteiger partial charge in [0.1, 0.15) is 0 Å². The molecular formula is C16H16ClN3O. The van der Waals surface area contributed by atoms with E-state index in [1.54, 1.807) is 23.1 Å². The van der Waals surface area contributed by atoms with Gasteiger partial charge in [0.25, 0.3) is 0 Å². The van der Waals surface area contributed by atoms with E-state index in [4.69, 9.17) is 17.3 Å². The van der Waals surface area contributed by atoms with Crippen LogP contribution in [0.2, 0.25) is 5.02 Å². The van der Waals surface area contributed by atoms with Crippen LogP contribution in [0, 0.1) is 0 Å². The van der Waals surface area contributed by atoms with Crippen molar-refractivity contribution in [3.05, 3.63) is 64.2 Å². The van der Waals surface area contributed by atoms with Gasteiger partial charge in [0.15, 0.2) is 0 Å². The highest BCUT2D eigenvalue weighted by molar-refractivity contribution is 6.30. The Labute approximate surface area is 128 Å². The fraction of sp³-hybridized carbons (Fsp3) is 0.188. The summed E-state index contributed by atoms with van der Waals surface area (Å²) in [5.74, 6) is 0. The van der Waals surface area contributed by atoms with Crippen LogP contribution in [0.5, 0.6) is 0 Å². The van der Waals surface area contributed by atoms with Crippen LogP contribution in [0.1, 0.15) is 16.7 Å². The molecule has 1 aliphatic rings. The van der Waals surface area contributed by atoms with Crippen molar-refractivity contribution in [1.82, 2.24) is 4.90 Å². The molecular weight excluding hydrogens is 286 g/mol. The maximum Gasteiger partial charge on any atom is 0.322 e. The zero-order valence-electron chi connectivity index (χ0n) is 11.5. The Bertz CT molecular complexity index is 662. The molecule has 0 fully saturated rings. The van der Waals surface area contributed by atoms with Gasteiger partial charge in [-0.1, -0.05) is 35.9 Å². The van der Waals surface area contributed by atoms with Gasteiger partial charge in [-0.2, -0.15) is 0 Å². The van der Waals surface area contributed by atoms with Crippen molar-refractivity contribution in [2.45, 2.75) is 19.6 Å². The molecule has 0 aromatic heterocycles. The highest BCUT2D eigenvalue weighted by atomic mass is 35.5. The smallest absolute Gasteiger partial charge is 0.322 e. The molecule has 2 aromatic carbocycles. The predicted octanol–water partition coefficient (Wildman–Crippen LogP) is 3.35. The zero-order chi connectivity index (χ0) is 14.8. The summed E-state index contributed by atoms with van der Waals surface area (Å²) in [5.41, 5.74) is 9.63. The topological polar surface area (TPSA) is 58.4 Å². The summed E-state index contributed by atoms with van der Waals surface area (Å²) in [6.45, 7) is 1.59. The van der Waals surface area contributed by atoms with Gasteiger partial charge in [-0.3, -0.25) is 0 Å². The first-order valence-corrected chi connectivity index (χ1v) is 7.16. The van der Waals surface area contributed by atoms with Gasteiger partial charge in [-0.15, -0.1) is 0 Å². The van der Waals surface area contributed by atoms with Gasteiger partial charge >= 0.3 is 6.03 Å². The Hall–Kier alpha value is -2.04. The van der Waals surface area contributed by atoms with Crippen molar-refractivity contribution in [3.8, 4) is 0 Å². The number of hydrogen-bond acceptors (Lipinski definition) is 2. The zero-order valence-corrected chi connectivity index (χ0v) is 12.2. The molecule has 0 aliphatic carbocycles. The second kappa shape index (κ2) is 5.76. The van der Waals surface area contributed by atoms with Gasteiger partial charge < -0.3 is 16.0 Å². The maximum atomic E-state index is 12.4. The molecule has 108 valence electrons. The molecule has 1 heterocycles. The third-order valence-electron chi connectivity index (χ3n) is 3.66. The number of nitrogens with zero attached hydrogens (tertiary/aromatic N) is 1. The molecule has 0 saturated carbocycles. The second-order valence-corrected chi connectivity index (χ2v) is 5.50. The number of nitrogens with two attached hydrogens (primary N) is 1. The van der Waals surface area contributed by atoms with E-state index in [0.717, 1.165) is 5.56 Å². The number of anilines is 1. The van der Waals surface area contributed by atoms with E-state index in [-0.39, 0.29) is 6.03 Å².